The van der Waals surface area contributed by atoms with Crippen molar-refractivity contribution >= 4 is 34.6 Å². The Labute approximate surface area is 145 Å². The molecule has 0 spiro atoms. The van der Waals surface area contributed by atoms with Crippen LogP contribution in [0.3, 0.4) is 0 Å². The summed E-state index contributed by atoms with van der Waals surface area (Å²) in [5.74, 6) is 0.0263. The molecule has 0 radical (unpaired) electrons. The average molecular weight is 350 g/mol. The van der Waals surface area contributed by atoms with Gasteiger partial charge in [-0.2, -0.15) is 0 Å². The minimum Gasteiger partial charge on any atom is -0.293 e. The molecule has 0 aliphatic heterocycles. The van der Waals surface area contributed by atoms with E-state index in [1.165, 1.54) is 0 Å². The number of imidazole rings is 1. The summed E-state index contributed by atoms with van der Waals surface area (Å²) in [6, 6.07) is 5.45. The van der Waals surface area contributed by atoms with Crippen molar-refractivity contribution in [2.75, 3.05) is 0 Å². The van der Waals surface area contributed by atoms with Crippen molar-refractivity contribution in [2.45, 2.75) is 27.2 Å². The summed E-state index contributed by atoms with van der Waals surface area (Å²) in [7, 11) is 0. The highest BCUT2D eigenvalue weighted by atomic mass is 35.5. The predicted octanol–water partition coefficient (Wildman–Crippen LogP) is 4.80. The maximum atomic E-state index is 11.3. The quantitative estimate of drug-likeness (QED) is 0.624. The number of halogens is 2. The largest absolute Gasteiger partial charge is 0.293 e. The van der Waals surface area contributed by atoms with Crippen molar-refractivity contribution in [3.8, 4) is 0 Å². The minimum absolute atomic E-state index is 0.0263. The highest BCUT2D eigenvalue weighted by Crippen LogP contribution is 2.19. The van der Waals surface area contributed by atoms with E-state index in [9.17, 15) is 4.79 Å². The van der Waals surface area contributed by atoms with E-state index in [-0.39, 0.29) is 5.78 Å². The van der Waals surface area contributed by atoms with Gasteiger partial charge in [0.2, 0.25) is 0 Å². The van der Waals surface area contributed by atoms with Crippen molar-refractivity contribution in [3.05, 3.63) is 63.8 Å². The fourth-order valence-corrected chi connectivity index (χ4v) is 2.48. The molecule has 2 aromatic heterocycles. The third kappa shape index (κ3) is 4.09. The first-order valence-electron chi connectivity index (χ1n) is 7.17. The summed E-state index contributed by atoms with van der Waals surface area (Å²) in [4.78, 5) is 19.5. The summed E-state index contributed by atoms with van der Waals surface area (Å²) in [5.41, 5.74) is 3.42. The Morgan fingerprint density at radius 3 is 2.52 bits per heavy atom. The number of hydrogen-bond acceptors (Lipinski definition) is 3. The Morgan fingerprint density at radius 2 is 1.96 bits per heavy atom. The highest BCUT2D eigenvalue weighted by molar-refractivity contribution is 6.35. The molecule has 0 bridgehead atoms. The van der Waals surface area contributed by atoms with E-state index in [0.717, 1.165) is 28.3 Å². The van der Waals surface area contributed by atoms with Crippen LogP contribution in [0.2, 0.25) is 10.0 Å². The molecule has 2 heterocycles. The lowest BCUT2D eigenvalue weighted by molar-refractivity contribution is 0.101. The van der Waals surface area contributed by atoms with Gasteiger partial charge in [-0.1, -0.05) is 36.2 Å². The zero-order valence-corrected chi connectivity index (χ0v) is 14.7. The Kier molecular flexibility index (Phi) is 5.74. The number of fused-ring (bicyclic) bond motifs is 1. The predicted molar refractivity (Wildman–Crippen MR) is 93.6 cm³/mol. The summed E-state index contributed by atoms with van der Waals surface area (Å²) >= 11 is 11.4. The van der Waals surface area contributed by atoms with Crippen LogP contribution in [0.1, 0.15) is 35.6 Å². The van der Waals surface area contributed by atoms with Crippen molar-refractivity contribution < 1.29 is 4.79 Å². The van der Waals surface area contributed by atoms with E-state index in [1.54, 1.807) is 31.6 Å². The number of ketones is 1. The van der Waals surface area contributed by atoms with Gasteiger partial charge in [0, 0.05) is 28.9 Å². The molecule has 4 nitrogen and oxygen atoms in total. The Morgan fingerprint density at radius 1 is 1.22 bits per heavy atom. The molecule has 0 unspecified atom stereocenters. The molecule has 3 aromatic rings. The Bertz CT molecular complexity index is 843. The molecule has 0 atom stereocenters. The molecule has 3 rings (SSSR count). The number of aromatic nitrogens is 3. The lowest BCUT2D eigenvalue weighted by Gasteiger charge is -2.03. The van der Waals surface area contributed by atoms with Crippen LogP contribution in [-0.4, -0.2) is 20.2 Å². The Balaban J connectivity index is 0.000000185. The van der Waals surface area contributed by atoms with Crippen LogP contribution < -0.4 is 0 Å². The fraction of sp³-hybridized carbons (Fsp3) is 0.235. The lowest BCUT2D eigenvalue weighted by Crippen LogP contribution is -2.04. The molecule has 1 aromatic carbocycles. The molecular formula is C17H17Cl2N3O. The van der Waals surface area contributed by atoms with E-state index < -0.39 is 0 Å². The van der Waals surface area contributed by atoms with Gasteiger partial charge >= 0.3 is 0 Å². The van der Waals surface area contributed by atoms with Gasteiger partial charge in [0.1, 0.15) is 5.69 Å². The van der Waals surface area contributed by atoms with E-state index >= 15 is 0 Å². The van der Waals surface area contributed by atoms with Crippen LogP contribution in [0.5, 0.6) is 0 Å². The molecule has 0 saturated heterocycles. The second kappa shape index (κ2) is 7.57. The lowest BCUT2D eigenvalue weighted by atomic mass is 10.2. The molecular weight excluding hydrogens is 333 g/mol. The second-order valence-electron chi connectivity index (χ2n) is 5.04. The van der Waals surface area contributed by atoms with E-state index in [1.807, 2.05) is 30.4 Å². The summed E-state index contributed by atoms with van der Waals surface area (Å²) in [5, 5.41) is 1.41. The number of aryl methyl sites for hydroxylation is 2. The minimum atomic E-state index is 0.0263. The van der Waals surface area contributed by atoms with Gasteiger partial charge in [-0.15, -0.1) is 0 Å². The van der Waals surface area contributed by atoms with Crippen LogP contribution in [0, 0.1) is 6.92 Å². The van der Waals surface area contributed by atoms with Gasteiger partial charge in [0.25, 0.3) is 0 Å². The third-order valence-electron chi connectivity index (χ3n) is 3.35. The summed E-state index contributed by atoms with van der Waals surface area (Å²) in [6.07, 6.45) is 5.85. The molecule has 6 heteroatoms. The van der Waals surface area contributed by atoms with E-state index in [0.29, 0.717) is 10.7 Å². The third-order valence-corrected chi connectivity index (χ3v) is 3.99. The van der Waals surface area contributed by atoms with Gasteiger partial charge in [0.05, 0.1) is 12.4 Å². The topological polar surface area (TPSA) is 47.3 Å². The summed E-state index contributed by atoms with van der Waals surface area (Å²) < 4.78 is 1.86. The smallest absolute Gasteiger partial charge is 0.178 e. The zero-order chi connectivity index (χ0) is 17.0. The molecule has 120 valence electrons. The molecule has 0 fully saturated rings. The van der Waals surface area contributed by atoms with Crippen LogP contribution >= 0.6 is 23.2 Å². The number of hydrogen-bond donors (Lipinski definition) is 0. The van der Waals surface area contributed by atoms with E-state index in [2.05, 4.69) is 9.97 Å². The van der Waals surface area contributed by atoms with Gasteiger partial charge in [-0.25, -0.2) is 4.98 Å². The van der Waals surface area contributed by atoms with Crippen molar-refractivity contribution in [3.63, 3.8) is 0 Å². The SMILES string of the molecule is CCc1cncc2ncc(C(C)=O)n12.Cc1ccc(Cl)cc1Cl. The molecule has 0 aliphatic carbocycles. The van der Waals surface area contributed by atoms with Gasteiger partial charge in [0.15, 0.2) is 11.4 Å². The van der Waals surface area contributed by atoms with Crippen molar-refractivity contribution in [2.24, 2.45) is 0 Å². The van der Waals surface area contributed by atoms with Crippen LogP contribution in [0.4, 0.5) is 0 Å². The number of carbonyl (C=O) groups is 1. The van der Waals surface area contributed by atoms with Crippen LogP contribution in [-0.2, 0) is 6.42 Å². The van der Waals surface area contributed by atoms with Crippen molar-refractivity contribution in [1.82, 2.24) is 14.4 Å². The maximum Gasteiger partial charge on any atom is 0.178 e. The molecule has 23 heavy (non-hydrogen) atoms. The maximum absolute atomic E-state index is 11.3. The molecule has 0 saturated carbocycles. The zero-order valence-electron chi connectivity index (χ0n) is 13.2. The van der Waals surface area contributed by atoms with Gasteiger partial charge in [-0.05, 0) is 31.0 Å². The number of Topliss-reactive ketones (excluding diaryl/α,β-unsaturated/α-hetero) is 1. The standard InChI is InChI=1S/C10H11N3O.C7H6Cl2/c1-3-8-4-11-6-10-12-5-9(7(2)14)13(8)10;1-5-2-3-6(8)4-7(5)9/h4-6H,3H2,1-2H3;2-4H,1H3. The van der Waals surface area contributed by atoms with Crippen LogP contribution in [0.25, 0.3) is 5.65 Å². The van der Waals surface area contributed by atoms with Gasteiger partial charge < -0.3 is 0 Å². The van der Waals surface area contributed by atoms with Crippen LogP contribution in [0.15, 0.2) is 36.8 Å². The van der Waals surface area contributed by atoms with E-state index in [4.69, 9.17) is 23.2 Å². The fourth-order valence-electron chi connectivity index (χ4n) is 2.07. The highest BCUT2D eigenvalue weighted by Gasteiger charge is 2.09. The number of carbonyl (C=O) groups excluding carboxylic acids is 1. The molecule has 0 N–H and O–H groups in total. The monoisotopic (exact) mass is 349 g/mol. The normalized spacial score (nSPS) is 10.3. The van der Waals surface area contributed by atoms with Crippen molar-refractivity contribution in [1.29, 1.82) is 0 Å². The average Bonchev–Trinajstić information content (AvgIpc) is 2.96. The first-order chi connectivity index (χ1) is 10.9. The molecule has 0 aliphatic rings. The Hall–Kier alpha value is -1.91. The number of nitrogens with zero attached hydrogens (tertiary/aromatic N) is 3. The number of benzene rings is 1. The molecule has 0 amide bonds. The van der Waals surface area contributed by atoms with Gasteiger partial charge in [-0.3, -0.25) is 14.2 Å². The first kappa shape index (κ1) is 17.4. The first-order valence-corrected chi connectivity index (χ1v) is 7.92. The second-order valence-corrected chi connectivity index (χ2v) is 5.88. The summed E-state index contributed by atoms with van der Waals surface area (Å²) in [6.45, 7) is 5.52. The number of rotatable bonds is 2.